The number of ketones is 1. The van der Waals surface area contributed by atoms with Gasteiger partial charge in [0.15, 0.2) is 5.78 Å². The second kappa shape index (κ2) is 9.91. The molecule has 0 bridgehead atoms. The second-order valence-corrected chi connectivity index (χ2v) is 5.86. The summed E-state index contributed by atoms with van der Waals surface area (Å²) in [6.07, 6.45) is -0.195. The monoisotopic (exact) mass is 373 g/mol. The molecule has 2 aromatic rings. The molecule has 0 heterocycles. The Bertz CT molecular complexity index is 635. The van der Waals surface area contributed by atoms with Crippen LogP contribution in [-0.2, 0) is 0 Å². The fourth-order valence-electron chi connectivity index (χ4n) is 2.13. The van der Waals surface area contributed by atoms with Crippen molar-refractivity contribution in [1.82, 2.24) is 0 Å². The van der Waals surface area contributed by atoms with Crippen molar-refractivity contribution in [2.75, 3.05) is 13.1 Å². The van der Waals surface area contributed by atoms with E-state index in [4.69, 9.17) is 23.2 Å². The van der Waals surface area contributed by atoms with Crippen LogP contribution >= 0.6 is 23.2 Å². The number of benzene rings is 2. The van der Waals surface area contributed by atoms with E-state index in [0.717, 1.165) is 11.1 Å². The molecule has 0 radical (unpaired) electrons. The normalized spacial score (nSPS) is 11.6. The number of aliphatic hydroxyl groups excluding tert-OH is 1. The second-order valence-electron chi connectivity index (χ2n) is 5.04. The Hall–Kier alpha value is -1.10. The quantitative estimate of drug-likeness (QED) is 0.524. The summed E-state index contributed by atoms with van der Waals surface area (Å²) in [4.78, 5) is 11.9. The zero-order chi connectivity index (χ0) is 15.9. The summed E-state index contributed by atoms with van der Waals surface area (Å²) in [5.41, 5.74) is 1.45. The van der Waals surface area contributed by atoms with E-state index in [0.29, 0.717) is 29.6 Å². The van der Waals surface area contributed by atoms with Crippen molar-refractivity contribution in [3.05, 3.63) is 69.7 Å². The van der Waals surface area contributed by atoms with Crippen LogP contribution in [0.5, 0.6) is 0 Å². The van der Waals surface area contributed by atoms with E-state index in [-0.39, 0.29) is 18.2 Å². The zero-order valence-corrected chi connectivity index (χ0v) is 14.7. The van der Waals surface area contributed by atoms with E-state index in [1.54, 1.807) is 18.2 Å². The van der Waals surface area contributed by atoms with Gasteiger partial charge < -0.3 is 22.8 Å². The number of carbonyl (C=O) groups excluding carboxylic acids is 1. The standard InChI is InChI=1S/C17H17Cl2NO2.ClH/c18-14-7-6-13(10-15(14)19)17(22)11-20-9-8-16(21)12-4-2-1-3-5-12;/h1-7,10,17,20,22H,8-9,11H2;1H. The van der Waals surface area contributed by atoms with Crippen molar-refractivity contribution in [3.8, 4) is 0 Å². The van der Waals surface area contributed by atoms with Gasteiger partial charge in [-0.05, 0) is 17.7 Å². The Morgan fingerprint density at radius 2 is 1.78 bits per heavy atom. The lowest BCUT2D eigenvalue weighted by molar-refractivity contribution is -0.660. The molecule has 23 heavy (non-hydrogen) atoms. The van der Waals surface area contributed by atoms with Crippen molar-refractivity contribution in [3.63, 3.8) is 0 Å². The summed E-state index contributed by atoms with van der Waals surface area (Å²) in [5, 5.41) is 12.9. The van der Waals surface area contributed by atoms with Gasteiger partial charge in [-0.3, -0.25) is 4.79 Å². The van der Waals surface area contributed by atoms with Gasteiger partial charge in [-0.1, -0.05) is 59.6 Å². The van der Waals surface area contributed by atoms with E-state index in [9.17, 15) is 9.90 Å². The minimum Gasteiger partial charge on any atom is -1.00 e. The molecule has 3 nitrogen and oxygen atoms in total. The molecular weight excluding hydrogens is 357 g/mol. The first-order valence-electron chi connectivity index (χ1n) is 7.11. The van der Waals surface area contributed by atoms with Gasteiger partial charge in [0, 0.05) is 5.56 Å². The van der Waals surface area contributed by atoms with Crippen molar-refractivity contribution < 1.29 is 27.6 Å². The van der Waals surface area contributed by atoms with Crippen LogP contribution in [0.3, 0.4) is 0 Å². The van der Waals surface area contributed by atoms with Gasteiger partial charge in [-0.15, -0.1) is 0 Å². The fourth-order valence-corrected chi connectivity index (χ4v) is 2.44. The third-order valence-electron chi connectivity index (χ3n) is 3.39. The number of quaternary nitrogens is 1. The van der Waals surface area contributed by atoms with E-state index in [1.165, 1.54) is 0 Å². The molecule has 0 aliphatic heterocycles. The first-order valence-corrected chi connectivity index (χ1v) is 7.86. The maximum Gasteiger partial charge on any atom is 0.168 e. The number of rotatable bonds is 7. The summed E-state index contributed by atoms with van der Waals surface area (Å²) in [5.74, 6) is 0.112. The van der Waals surface area contributed by atoms with Gasteiger partial charge in [0.1, 0.15) is 12.6 Å². The minimum absolute atomic E-state index is 0. The van der Waals surface area contributed by atoms with E-state index < -0.39 is 6.10 Å². The van der Waals surface area contributed by atoms with Crippen LogP contribution in [0.15, 0.2) is 48.5 Å². The van der Waals surface area contributed by atoms with Crippen LogP contribution in [-0.4, -0.2) is 24.0 Å². The third-order valence-corrected chi connectivity index (χ3v) is 4.13. The number of hydrogen-bond acceptors (Lipinski definition) is 2. The lowest BCUT2D eigenvalue weighted by Crippen LogP contribution is -3.00. The number of nitrogens with two attached hydrogens (primary N) is 1. The maximum absolute atomic E-state index is 11.9. The highest BCUT2D eigenvalue weighted by Gasteiger charge is 2.12. The van der Waals surface area contributed by atoms with Gasteiger partial charge in [-0.25, -0.2) is 0 Å². The molecule has 2 rings (SSSR count). The van der Waals surface area contributed by atoms with Crippen LogP contribution in [0.4, 0.5) is 0 Å². The highest BCUT2D eigenvalue weighted by Crippen LogP contribution is 2.25. The highest BCUT2D eigenvalue weighted by atomic mass is 35.5. The number of Topliss-reactive ketones (excluding diaryl/α,β-unsaturated/α-hetero) is 1. The van der Waals surface area contributed by atoms with Crippen molar-refractivity contribution in [2.45, 2.75) is 12.5 Å². The van der Waals surface area contributed by atoms with Crippen LogP contribution in [0.1, 0.15) is 28.4 Å². The smallest absolute Gasteiger partial charge is 0.168 e. The first-order chi connectivity index (χ1) is 10.6. The molecule has 0 saturated carbocycles. The number of aliphatic hydroxyl groups is 1. The topological polar surface area (TPSA) is 53.9 Å². The predicted octanol–water partition coefficient (Wildman–Crippen LogP) is -0.133. The Kier molecular flexibility index (Phi) is 8.59. The molecule has 6 heteroatoms. The first kappa shape index (κ1) is 19.9. The average molecular weight is 375 g/mol. The number of carbonyl (C=O) groups is 1. The highest BCUT2D eigenvalue weighted by molar-refractivity contribution is 6.42. The van der Waals surface area contributed by atoms with Gasteiger partial charge in [0.2, 0.25) is 0 Å². The van der Waals surface area contributed by atoms with Crippen molar-refractivity contribution >= 4 is 29.0 Å². The Morgan fingerprint density at radius 3 is 2.43 bits per heavy atom. The predicted molar refractivity (Wildman–Crippen MR) is 88.5 cm³/mol. The number of halogens is 3. The van der Waals surface area contributed by atoms with Gasteiger partial charge in [-0.2, -0.15) is 0 Å². The Labute approximate surface area is 152 Å². The minimum atomic E-state index is -0.637. The molecule has 124 valence electrons. The molecule has 0 spiro atoms. The molecule has 0 aromatic heterocycles. The van der Waals surface area contributed by atoms with E-state index in [2.05, 4.69) is 0 Å². The molecule has 2 aromatic carbocycles. The largest absolute Gasteiger partial charge is 1.00 e. The third kappa shape index (κ3) is 6.13. The van der Waals surface area contributed by atoms with Crippen molar-refractivity contribution in [2.24, 2.45) is 0 Å². The van der Waals surface area contributed by atoms with Crippen LogP contribution in [0.25, 0.3) is 0 Å². The van der Waals surface area contributed by atoms with Crippen LogP contribution in [0.2, 0.25) is 10.0 Å². The molecule has 0 aliphatic carbocycles. The molecule has 0 aliphatic rings. The summed E-state index contributed by atoms with van der Waals surface area (Å²) < 4.78 is 0. The molecule has 0 saturated heterocycles. The lowest BCUT2D eigenvalue weighted by Gasteiger charge is -2.10. The van der Waals surface area contributed by atoms with Crippen LogP contribution < -0.4 is 17.7 Å². The molecule has 0 amide bonds. The summed E-state index contributed by atoms with van der Waals surface area (Å²) in [7, 11) is 0. The maximum atomic E-state index is 11.9. The van der Waals surface area contributed by atoms with Gasteiger partial charge >= 0.3 is 0 Å². The Balaban J connectivity index is 0.00000264. The molecular formula is C17H18Cl3NO2. The van der Waals surface area contributed by atoms with Gasteiger partial charge in [0.05, 0.1) is 23.0 Å². The summed E-state index contributed by atoms with van der Waals surface area (Å²) >= 11 is 11.8. The van der Waals surface area contributed by atoms with Gasteiger partial charge in [0.25, 0.3) is 0 Å². The lowest BCUT2D eigenvalue weighted by atomic mass is 10.1. The van der Waals surface area contributed by atoms with E-state index in [1.807, 2.05) is 35.6 Å². The number of hydrogen-bond donors (Lipinski definition) is 2. The Morgan fingerprint density at radius 1 is 1.09 bits per heavy atom. The summed E-state index contributed by atoms with van der Waals surface area (Å²) in [6.45, 7) is 1.10. The molecule has 0 fully saturated rings. The van der Waals surface area contributed by atoms with Crippen molar-refractivity contribution in [1.29, 1.82) is 0 Å². The SMILES string of the molecule is O=C(CC[NH2+]CC(O)c1ccc(Cl)c(Cl)c1)c1ccccc1.[Cl-]. The zero-order valence-electron chi connectivity index (χ0n) is 12.4. The van der Waals surface area contributed by atoms with Crippen LogP contribution in [0, 0.1) is 0 Å². The fraction of sp³-hybridized carbons (Fsp3) is 0.235. The average Bonchev–Trinajstić information content (AvgIpc) is 2.54. The molecule has 1 unspecified atom stereocenters. The molecule has 1 atom stereocenters. The molecule has 3 N–H and O–H groups in total. The summed E-state index contributed by atoms with van der Waals surface area (Å²) in [6, 6.07) is 14.3. The van der Waals surface area contributed by atoms with E-state index >= 15 is 0 Å².